The first kappa shape index (κ1) is 21.8. The van der Waals surface area contributed by atoms with E-state index in [9.17, 15) is 4.79 Å². The van der Waals surface area contributed by atoms with Crippen molar-refractivity contribution in [2.45, 2.75) is 31.9 Å². The van der Waals surface area contributed by atoms with Gasteiger partial charge >= 0.3 is 0 Å². The number of ether oxygens (including phenoxy) is 2. The van der Waals surface area contributed by atoms with E-state index in [4.69, 9.17) is 9.47 Å². The van der Waals surface area contributed by atoms with E-state index in [-0.39, 0.29) is 18.6 Å². The summed E-state index contributed by atoms with van der Waals surface area (Å²) in [6.45, 7) is 6.21. The number of nitrogens with one attached hydrogen (secondary N) is 2. The van der Waals surface area contributed by atoms with Crippen LogP contribution in [0.5, 0.6) is 5.75 Å². The van der Waals surface area contributed by atoms with E-state index in [1.165, 1.54) is 6.42 Å². The molecule has 7 nitrogen and oxygen atoms in total. The van der Waals surface area contributed by atoms with Crippen LogP contribution in [0.1, 0.15) is 24.8 Å². The van der Waals surface area contributed by atoms with E-state index < -0.39 is 0 Å². The summed E-state index contributed by atoms with van der Waals surface area (Å²) in [4.78, 5) is 18.1. The van der Waals surface area contributed by atoms with E-state index in [1.807, 2.05) is 24.3 Å². The van der Waals surface area contributed by atoms with Gasteiger partial charge in [-0.15, -0.1) is 0 Å². The summed E-state index contributed by atoms with van der Waals surface area (Å²) in [5.74, 6) is 1.35. The molecule has 1 fully saturated rings. The fraction of sp³-hybridized carbons (Fsp3) is 0.524. The third kappa shape index (κ3) is 7.60. The fourth-order valence-electron chi connectivity index (χ4n) is 2.76. The molecule has 0 bridgehead atoms. The Morgan fingerprint density at radius 2 is 2.18 bits per heavy atom. The van der Waals surface area contributed by atoms with Crippen molar-refractivity contribution in [3.63, 3.8) is 0 Å². The van der Waals surface area contributed by atoms with Gasteiger partial charge in [0.2, 0.25) is 5.91 Å². The third-order valence-electron chi connectivity index (χ3n) is 4.41. The number of hydrogen-bond acceptors (Lipinski definition) is 4. The molecule has 1 aliphatic rings. The Balaban J connectivity index is 2.01. The first-order chi connectivity index (χ1) is 13.6. The quantitative estimate of drug-likeness (QED) is 0.384. The lowest BCUT2D eigenvalue weighted by molar-refractivity contribution is -0.127. The highest BCUT2D eigenvalue weighted by atomic mass is 16.5. The number of amides is 1. The van der Waals surface area contributed by atoms with Crippen molar-refractivity contribution in [3.05, 3.63) is 42.5 Å². The SMILES string of the molecule is C=CCOc1ccccc1CN=C(NCC(=O)N(C)C)NCC1CCCCO1. The summed E-state index contributed by atoms with van der Waals surface area (Å²) in [5, 5.41) is 6.41. The number of para-hydroxylation sites is 1. The van der Waals surface area contributed by atoms with Gasteiger partial charge in [0, 0.05) is 32.8 Å². The minimum Gasteiger partial charge on any atom is -0.489 e. The number of hydrogen-bond donors (Lipinski definition) is 2. The summed E-state index contributed by atoms with van der Waals surface area (Å²) in [7, 11) is 3.47. The van der Waals surface area contributed by atoms with E-state index in [1.54, 1.807) is 25.1 Å². The largest absolute Gasteiger partial charge is 0.489 e. The Labute approximate surface area is 167 Å². The maximum absolute atomic E-state index is 11.9. The molecule has 2 N–H and O–H groups in total. The molecule has 1 aromatic carbocycles. The molecule has 28 heavy (non-hydrogen) atoms. The van der Waals surface area contributed by atoms with Crippen LogP contribution in [0.3, 0.4) is 0 Å². The van der Waals surface area contributed by atoms with Crippen molar-refractivity contribution in [3.8, 4) is 5.75 Å². The molecular formula is C21H32N4O3. The van der Waals surface area contributed by atoms with Gasteiger partial charge in [0.1, 0.15) is 12.4 Å². The summed E-state index contributed by atoms with van der Waals surface area (Å²) in [5.41, 5.74) is 0.971. The lowest BCUT2D eigenvalue weighted by Crippen LogP contribution is -2.45. The van der Waals surface area contributed by atoms with E-state index >= 15 is 0 Å². The van der Waals surface area contributed by atoms with Gasteiger partial charge in [0.05, 0.1) is 19.2 Å². The van der Waals surface area contributed by atoms with Crippen LogP contribution in [0, 0.1) is 0 Å². The van der Waals surface area contributed by atoms with Crippen molar-refractivity contribution in [1.29, 1.82) is 0 Å². The summed E-state index contributed by atoms with van der Waals surface area (Å²) in [6, 6.07) is 7.78. The molecule has 154 valence electrons. The molecule has 0 aliphatic carbocycles. The molecule has 1 saturated heterocycles. The standard InChI is InChI=1S/C21H32N4O3/c1-4-12-28-19-11-6-5-9-17(19)14-22-21(24-16-20(26)25(2)3)23-15-18-10-7-8-13-27-18/h4-6,9,11,18H,1,7-8,10,12-16H2,2-3H3,(H2,22,23,24). The molecule has 7 heteroatoms. The first-order valence-electron chi connectivity index (χ1n) is 9.75. The Kier molecular flexibility index (Phi) is 9.34. The highest BCUT2D eigenvalue weighted by Crippen LogP contribution is 2.19. The van der Waals surface area contributed by atoms with Gasteiger partial charge in [-0.2, -0.15) is 0 Å². The van der Waals surface area contributed by atoms with Crippen LogP contribution in [0.2, 0.25) is 0 Å². The molecule has 1 amide bonds. The third-order valence-corrected chi connectivity index (χ3v) is 4.41. The molecule has 0 spiro atoms. The molecule has 0 saturated carbocycles. The summed E-state index contributed by atoms with van der Waals surface area (Å²) in [6.07, 6.45) is 5.22. The van der Waals surface area contributed by atoms with Crippen LogP contribution in [-0.4, -0.2) is 63.3 Å². The van der Waals surface area contributed by atoms with Crippen LogP contribution in [0.4, 0.5) is 0 Å². The number of rotatable bonds is 9. The number of carbonyl (C=O) groups is 1. The number of nitrogens with zero attached hydrogens (tertiary/aromatic N) is 2. The van der Waals surface area contributed by atoms with Crippen LogP contribution >= 0.6 is 0 Å². The molecule has 1 aromatic rings. The number of benzene rings is 1. The second kappa shape index (κ2) is 12.0. The Morgan fingerprint density at radius 3 is 2.89 bits per heavy atom. The minimum absolute atomic E-state index is 0.0156. The molecule has 1 unspecified atom stereocenters. The van der Waals surface area contributed by atoms with Gasteiger partial charge in [-0.3, -0.25) is 4.79 Å². The van der Waals surface area contributed by atoms with Crippen molar-refractivity contribution < 1.29 is 14.3 Å². The number of likely N-dealkylation sites (N-methyl/N-ethyl adjacent to an activating group) is 1. The van der Waals surface area contributed by atoms with Gasteiger partial charge < -0.3 is 25.0 Å². The van der Waals surface area contributed by atoms with Crippen LogP contribution in [-0.2, 0) is 16.1 Å². The predicted molar refractivity (Wildman–Crippen MR) is 112 cm³/mol. The zero-order chi connectivity index (χ0) is 20.2. The van der Waals surface area contributed by atoms with Crippen LogP contribution in [0.25, 0.3) is 0 Å². The molecule has 0 aromatic heterocycles. The van der Waals surface area contributed by atoms with Crippen LogP contribution < -0.4 is 15.4 Å². The minimum atomic E-state index is -0.0156. The average Bonchev–Trinajstić information content (AvgIpc) is 2.72. The van der Waals surface area contributed by atoms with Crippen molar-refractivity contribution in [2.24, 2.45) is 4.99 Å². The number of aliphatic imine (C=N–C) groups is 1. The second-order valence-corrected chi connectivity index (χ2v) is 6.88. The van der Waals surface area contributed by atoms with E-state index in [2.05, 4.69) is 22.2 Å². The second-order valence-electron chi connectivity index (χ2n) is 6.88. The normalized spacial score (nSPS) is 16.9. The average molecular weight is 389 g/mol. The monoisotopic (exact) mass is 388 g/mol. The Morgan fingerprint density at radius 1 is 1.36 bits per heavy atom. The summed E-state index contributed by atoms with van der Waals surface area (Å²) >= 11 is 0. The Bertz CT molecular complexity index is 655. The predicted octanol–water partition coefficient (Wildman–Crippen LogP) is 1.94. The van der Waals surface area contributed by atoms with Crippen molar-refractivity contribution >= 4 is 11.9 Å². The maximum atomic E-state index is 11.9. The topological polar surface area (TPSA) is 75.2 Å². The zero-order valence-corrected chi connectivity index (χ0v) is 16.9. The van der Waals surface area contributed by atoms with Gasteiger partial charge in [-0.25, -0.2) is 4.99 Å². The summed E-state index contributed by atoms with van der Waals surface area (Å²) < 4.78 is 11.5. The van der Waals surface area contributed by atoms with Gasteiger partial charge in [0.15, 0.2) is 5.96 Å². The maximum Gasteiger partial charge on any atom is 0.241 e. The highest BCUT2D eigenvalue weighted by Gasteiger charge is 2.15. The smallest absolute Gasteiger partial charge is 0.241 e. The Hall–Kier alpha value is -2.54. The van der Waals surface area contributed by atoms with E-state index in [0.717, 1.165) is 30.8 Å². The number of guanidine groups is 1. The lowest BCUT2D eigenvalue weighted by atomic mass is 10.1. The van der Waals surface area contributed by atoms with E-state index in [0.29, 0.717) is 25.7 Å². The fourth-order valence-corrected chi connectivity index (χ4v) is 2.76. The van der Waals surface area contributed by atoms with Gasteiger partial charge in [-0.1, -0.05) is 30.9 Å². The molecule has 2 rings (SSSR count). The van der Waals surface area contributed by atoms with Crippen LogP contribution in [0.15, 0.2) is 41.9 Å². The molecular weight excluding hydrogens is 356 g/mol. The molecule has 0 radical (unpaired) electrons. The van der Waals surface area contributed by atoms with Crippen molar-refractivity contribution in [2.75, 3.05) is 40.4 Å². The highest BCUT2D eigenvalue weighted by molar-refractivity contribution is 5.86. The zero-order valence-electron chi connectivity index (χ0n) is 16.9. The molecule has 1 aliphatic heterocycles. The number of carbonyl (C=O) groups excluding carboxylic acids is 1. The first-order valence-corrected chi connectivity index (χ1v) is 9.75. The molecule has 1 heterocycles. The van der Waals surface area contributed by atoms with Gasteiger partial charge in [0.25, 0.3) is 0 Å². The van der Waals surface area contributed by atoms with Crippen molar-refractivity contribution in [1.82, 2.24) is 15.5 Å². The lowest BCUT2D eigenvalue weighted by Gasteiger charge is -2.24. The molecule has 1 atom stereocenters. The van der Waals surface area contributed by atoms with Gasteiger partial charge in [-0.05, 0) is 25.3 Å².